The van der Waals surface area contributed by atoms with Crippen molar-refractivity contribution < 1.29 is 24.2 Å². The van der Waals surface area contributed by atoms with Gasteiger partial charge in [-0.05, 0) is 77.9 Å². The van der Waals surface area contributed by atoms with Gasteiger partial charge >= 0.3 is 6.09 Å². The van der Waals surface area contributed by atoms with Gasteiger partial charge in [-0.2, -0.15) is 11.8 Å². The Morgan fingerprint density at radius 3 is 2.42 bits per heavy atom. The Balaban J connectivity index is 2.53. The third-order valence-electron chi connectivity index (χ3n) is 6.96. The largest absolute Gasteiger partial charge is 0.507 e. The van der Waals surface area contributed by atoms with Gasteiger partial charge < -0.3 is 25.4 Å². The number of phenolic OH excluding ortho intramolecular Hbond substituents is 1. The number of aryl methyl sites for hydroxylation is 1. The van der Waals surface area contributed by atoms with Crippen molar-refractivity contribution in [3.05, 3.63) is 29.3 Å². The van der Waals surface area contributed by atoms with Crippen LogP contribution in [0.4, 0.5) is 4.79 Å². The molecule has 1 aromatic rings. The lowest BCUT2D eigenvalue weighted by molar-refractivity contribution is -0.145. The standard InChI is InChI=1S/C29H47N3O5S/c1-8-20(3)32(27(35)23(17-18-38-7)31-28(36)37-29(4,5)6)24(22-16-12-13-19(2)25(22)33)26(34)30-21-14-10-9-11-15-21/h12-13,16,20-21,23-24,33H,8-11,14-15,17-18H2,1-7H3,(H,30,34)(H,31,36). The van der Waals surface area contributed by atoms with Crippen molar-refractivity contribution in [3.63, 3.8) is 0 Å². The van der Waals surface area contributed by atoms with Gasteiger partial charge in [0, 0.05) is 17.6 Å². The molecule has 0 bridgehead atoms. The molecule has 1 fully saturated rings. The van der Waals surface area contributed by atoms with Crippen LogP contribution in [-0.4, -0.2) is 63.6 Å². The third-order valence-corrected chi connectivity index (χ3v) is 7.61. The Bertz CT molecular complexity index is 943. The molecule has 0 aliphatic heterocycles. The van der Waals surface area contributed by atoms with Crippen LogP contribution in [0, 0.1) is 6.92 Å². The number of nitrogens with one attached hydrogen (secondary N) is 2. The minimum Gasteiger partial charge on any atom is -0.507 e. The van der Waals surface area contributed by atoms with E-state index >= 15 is 0 Å². The number of alkyl carbamates (subject to hydrolysis) is 1. The Morgan fingerprint density at radius 2 is 1.84 bits per heavy atom. The van der Waals surface area contributed by atoms with Crippen LogP contribution < -0.4 is 10.6 Å². The number of phenols is 1. The summed E-state index contributed by atoms with van der Waals surface area (Å²) in [6.07, 6.45) is 7.27. The molecular formula is C29H47N3O5S. The molecule has 1 aliphatic carbocycles. The van der Waals surface area contributed by atoms with E-state index in [0.717, 1.165) is 32.1 Å². The number of aromatic hydroxyl groups is 1. The van der Waals surface area contributed by atoms with Crippen LogP contribution in [0.15, 0.2) is 18.2 Å². The van der Waals surface area contributed by atoms with Crippen LogP contribution in [0.1, 0.15) is 96.7 Å². The lowest BCUT2D eigenvalue weighted by Gasteiger charge is -2.39. The van der Waals surface area contributed by atoms with Gasteiger partial charge in [0.15, 0.2) is 0 Å². The molecule has 0 saturated heterocycles. The van der Waals surface area contributed by atoms with Gasteiger partial charge in [0.2, 0.25) is 11.8 Å². The van der Waals surface area contributed by atoms with Crippen LogP contribution >= 0.6 is 11.8 Å². The number of ether oxygens (including phenoxy) is 1. The van der Waals surface area contributed by atoms with Crippen LogP contribution in [0.25, 0.3) is 0 Å². The smallest absolute Gasteiger partial charge is 0.408 e. The summed E-state index contributed by atoms with van der Waals surface area (Å²) in [7, 11) is 0. The zero-order valence-corrected chi connectivity index (χ0v) is 25.0. The highest BCUT2D eigenvalue weighted by Gasteiger charge is 2.40. The molecule has 3 amide bonds. The van der Waals surface area contributed by atoms with E-state index in [0.29, 0.717) is 29.7 Å². The van der Waals surface area contributed by atoms with E-state index in [2.05, 4.69) is 10.6 Å². The van der Waals surface area contributed by atoms with Crippen molar-refractivity contribution in [2.24, 2.45) is 0 Å². The van der Waals surface area contributed by atoms with Gasteiger partial charge in [-0.1, -0.05) is 44.4 Å². The highest BCUT2D eigenvalue weighted by molar-refractivity contribution is 7.98. The number of nitrogens with zero attached hydrogens (tertiary/aromatic N) is 1. The molecular weight excluding hydrogens is 502 g/mol. The number of benzene rings is 1. The van der Waals surface area contributed by atoms with E-state index in [-0.39, 0.29) is 29.6 Å². The molecule has 38 heavy (non-hydrogen) atoms. The van der Waals surface area contributed by atoms with Crippen LogP contribution in [0.2, 0.25) is 0 Å². The van der Waals surface area contributed by atoms with E-state index in [1.807, 2.05) is 20.1 Å². The van der Waals surface area contributed by atoms with Gasteiger partial charge in [0.25, 0.3) is 0 Å². The second kappa shape index (κ2) is 14.7. The predicted octanol–water partition coefficient (Wildman–Crippen LogP) is 5.46. The molecule has 9 heteroatoms. The first kappa shape index (κ1) is 31.8. The third kappa shape index (κ3) is 9.10. The first-order chi connectivity index (χ1) is 17.9. The number of carbonyl (C=O) groups is 3. The Kier molecular flexibility index (Phi) is 12.3. The summed E-state index contributed by atoms with van der Waals surface area (Å²) in [4.78, 5) is 42.5. The molecule has 0 radical (unpaired) electrons. The lowest BCUT2D eigenvalue weighted by Crippen LogP contribution is -2.56. The molecule has 3 N–H and O–H groups in total. The summed E-state index contributed by atoms with van der Waals surface area (Å²) in [5, 5.41) is 17.0. The van der Waals surface area contributed by atoms with E-state index in [4.69, 9.17) is 4.74 Å². The summed E-state index contributed by atoms with van der Waals surface area (Å²) in [5.74, 6) is -0.0516. The number of rotatable bonds is 11. The van der Waals surface area contributed by atoms with E-state index < -0.39 is 23.8 Å². The first-order valence-electron chi connectivity index (χ1n) is 13.8. The fourth-order valence-electron chi connectivity index (χ4n) is 4.77. The Labute approximate surface area is 232 Å². The lowest BCUT2D eigenvalue weighted by atomic mass is 9.93. The van der Waals surface area contributed by atoms with E-state index in [1.54, 1.807) is 62.6 Å². The van der Waals surface area contributed by atoms with Crippen LogP contribution in [0.5, 0.6) is 5.75 Å². The number of carbonyl (C=O) groups excluding carboxylic acids is 3. The second-order valence-corrected chi connectivity index (χ2v) is 12.2. The molecule has 1 saturated carbocycles. The van der Waals surface area contributed by atoms with Crippen molar-refractivity contribution in [1.82, 2.24) is 15.5 Å². The fraction of sp³-hybridized carbons (Fsp3) is 0.690. The zero-order valence-electron chi connectivity index (χ0n) is 24.1. The minimum absolute atomic E-state index is 0.00170. The van der Waals surface area contributed by atoms with Crippen molar-refractivity contribution >= 4 is 29.7 Å². The SMILES string of the molecule is CCC(C)N(C(=O)C(CCSC)NC(=O)OC(C)(C)C)C(C(=O)NC1CCCCC1)c1cccc(C)c1O. The van der Waals surface area contributed by atoms with Crippen molar-refractivity contribution in [1.29, 1.82) is 0 Å². The van der Waals surface area contributed by atoms with Gasteiger partial charge in [-0.15, -0.1) is 0 Å². The Hall–Kier alpha value is -2.42. The summed E-state index contributed by atoms with van der Waals surface area (Å²) >= 11 is 1.57. The van der Waals surface area contributed by atoms with E-state index in [9.17, 15) is 19.5 Å². The monoisotopic (exact) mass is 549 g/mol. The van der Waals surface area contributed by atoms with Gasteiger partial charge in [0.05, 0.1) is 0 Å². The topological polar surface area (TPSA) is 108 Å². The quantitative estimate of drug-likeness (QED) is 0.338. The molecule has 1 aliphatic rings. The molecule has 214 valence electrons. The minimum atomic E-state index is -1.04. The zero-order chi connectivity index (χ0) is 28.5. The van der Waals surface area contributed by atoms with Crippen LogP contribution in [-0.2, 0) is 14.3 Å². The van der Waals surface area contributed by atoms with Crippen molar-refractivity contribution in [2.45, 2.75) is 116 Å². The van der Waals surface area contributed by atoms with Gasteiger partial charge in [-0.25, -0.2) is 4.79 Å². The normalized spacial score (nSPS) is 16.7. The van der Waals surface area contributed by atoms with Crippen LogP contribution in [0.3, 0.4) is 0 Å². The van der Waals surface area contributed by atoms with E-state index in [1.165, 1.54) is 0 Å². The van der Waals surface area contributed by atoms with Crippen molar-refractivity contribution in [2.75, 3.05) is 12.0 Å². The maximum Gasteiger partial charge on any atom is 0.408 e. The predicted molar refractivity (Wildman–Crippen MR) is 153 cm³/mol. The number of para-hydroxylation sites is 1. The number of thioether (sulfide) groups is 1. The Morgan fingerprint density at radius 1 is 1.18 bits per heavy atom. The second-order valence-electron chi connectivity index (χ2n) is 11.2. The summed E-state index contributed by atoms with van der Waals surface area (Å²) < 4.78 is 5.45. The average molecular weight is 550 g/mol. The summed E-state index contributed by atoms with van der Waals surface area (Å²) in [5.41, 5.74) is 0.289. The summed E-state index contributed by atoms with van der Waals surface area (Å²) in [6.45, 7) is 10.9. The fourth-order valence-corrected chi connectivity index (χ4v) is 5.24. The molecule has 0 aromatic heterocycles. The number of hydrogen-bond acceptors (Lipinski definition) is 6. The maximum absolute atomic E-state index is 14.2. The van der Waals surface area contributed by atoms with Gasteiger partial charge in [-0.3, -0.25) is 9.59 Å². The number of amides is 3. The number of hydrogen-bond donors (Lipinski definition) is 3. The molecule has 2 rings (SSSR count). The summed E-state index contributed by atoms with van der Waals surface area (Å²) in [6, 6.07) is 3.03. The molecule has 0 heterocycles. The molecule has 0 spiro atoms. The molecule has 3 atom stereocenters. The molecule has 1 aromatic carbocycles. The molecule has 3 unspecified atom stereocenters. The molecule has 8 nitrogen and oxygen atoms in total. The van der Waals surface area contributed by atoms with Gasteiger partial charge in [0.1, 0.15) is 23.4 Å². The highest BCUT2D eigenvalue weighted by Crippen LogP contribution is 2.34. The first-order valence-corrected chi connectivity index (χ1v) is 15.2. The maximum atomic E-state index is 14.2. The average Bonchev–Trinajstić information content (AvgIpc) is 2.85. The van der Waals surface area contributed by atoms with Crippen molar-refractivity contribution in [3.8, 4) is 5.75 Å². The highest BCUT2D eigenvalue weighted by atomic mass is 32.2.